The first kappa shape index (κ1) is 16.9. The standard InChI is InChI=1S/C14H20F2N2OS/c1-3-7-18-14(2,13(17)19)6-8-20-12-5-4-10(15)9-11(12)16/h4-5,9,18H,3,6-8H2,1-2H3,(H2,17,19). The fourth-order valence-electron chi connectivity index (χ4n) is 1.66. The van der Waals surface area contributed by atoms with E-state index in [4.69, 9.17) is 5.73 Å². The molecule has 0 saturated carbocycles. The van der Waals surface area contributed by atoms with E-state index in [0.717, 1.165) is 12.5 Å². The predicted octanol–water partition coefficient (Wildman–Crippen LogP) is 2.69. The summed E-state index contributed by atoms with van der Waals surface area (Å²) < 4.78 is 26.2. The third kappa shape index (κ3) is 4.76. The lowest BCUT2D eigenvalue weighted by Crippen LogP contribution is -2.53. The minimum Gasteiger partial charge on any atom is -0.368 e. The zero-order chi connectivity index (χ0) is 15.2. The number of primary amides is 1. The summed E-state index contributed by atoms with van der Waals surface area (Å²) in [5, 5.41) is 3.11. The number of amides is 1. The highest BCUT2D eigenvalue weighted by molar-refractivity contribution is 7.99. The van der Waals surface area contributed by atoms with Crippen LogP contribution in [0.5, 0.6) is 0 Å². The lowest BCUT2D eigenvalue weighted by molar-refractivity contribution is -0.123. The van der Waals surface area contributed by atoms with Gasteiger partial charge in [0.25, 0.3) is 0 Å². The molecule has 1 aromatic carbocycles. The normalized spacial score (nSPS) is 14.0. The Labute approximate surface area is 122 Å². The van der Waals surface area contributed by atoms with Crippen LogP contribution in [0.3, 0.4) is 0 Å². The van der Waals surface area contributed by atoms with Crippen molar-refractivity contribution in [1.82, 2.24) is 5.32 Å². The molecule has 1 aromatic rings. The van der Waals surface area contributed by atoms with Crippen molar-refractivity contribution in [3.63, 3.8) is 0 Å². The quantitative estimate of drug-likeness (QED) is 0.726. The minimum atomic E-state index is -0.806. The van der Waals surface area contributed by atoms with Crippen molar-refractivity contribution in [3.8, 4) is 0 Å². The second-order valence-corrected chi connectivity index (χ2v) is 5.93. The highest BCUT2D eigenvalue weighted by Crippen LogP contribution is 2.25. The summed E-state index contributed by atoms with van der Waals surface area (Å²) in [6.07, 6.45) is 1.37. The summed E-state index contributed by atoms with van der Waals surface area (Å²) >= 11 is 1.24. The van der Waals surface area contributed by atoms with Crippen molar-refractivity contribution in [3.05, 3.63) is 29.8 Å². The number of hydrogen-bond acceptors (Lipinski definition) is 3. The summed E-state index contributed by atoms with van der Waals surface area (Å²) in [5.74, 6) is -1.10. The van der Waals surface area contributed by atoms with Crippen LogP contribution >= 0.6 is 11.8 Å². The minimum absolute atomic E-state index is 0.369. The zero-order valence-electron chi connectivity index (χ0n) is 11.7. The highest BCUT2D eigenvalue weighted by Gasteiger charge is 2.29. The molecule has 1 rings (SSSR count). The first-order valence-corrected chi connectivity index (χ1v) is 7.50. The van der Waals surface area contributed by atoms with E-state index in [1.807, 2.05) is 6.92 Å². The van der Waals surface area contributed by atoms with Crippen molar-refractivity contribution in [1.29, 1.82) is 0 Å². The topological polar surface area (TPSA) is 55.1 Å². The molecule has 20 heavy (non-hydrogen) atoms. The number of nitrogens with two attached hydrogens (primary N) is 1. The van der Waals surface area contributed by atoms with Crippen molar-refractivity contribution in [2.24, 2.45) is 5.73 Å². The van der Waals surface area contributed by atoms with Gasteiger partial charge in [0, 0.05) is 16.7 Å². The Balaban J connectivity index is 2.58. The molecule has 0 heterocycles. The van der Waals surface area contributed by atoms with E-state index >= 15 is 0 Å². The van der Waals surface area contributed by atoms with Gasteiger partial charge in [-0.2, -0.15) is 0 Å². The number of benzene rings is 1. The number of nitrogens with one attached hydrogen (secondary N) is 1. The molecule has 1 atom stereocenters. The van der Waals surface area contributed by atoms with E-state index in [2.05, 4.69) is 5.32 Å². The summed E-state index contributed by atoms with van der Waals surface area (Å²) in [4.78, 5) is 11.9. The summed E-state index contributed by atoms with van der Waals surface area (Å²) in [7, 11) is 0. The molecule has 1 amide bonds. The largest absolute Gasteiger partial charge is 0.368 e. The fourth-order valence-corrected chi connectivity index (χ4v) is 2.75. The smallest absolute Gasteiger partial charge is 0.237 e. The van der Waals surface area contributed by atoms with Gasteiger partial charge in [-0.3, -0.25) is 4.79 Å². The highest BCUT2D eigenvalue weighted by atomic mass is 32.2. The van der Waals surface area contributed by atoms with E-state index in [0.29, 0.717) is 23.6 Å². The van der Waals surface area contributed by atoms with Crippen LogP contribution in [0.25, 0.3) is 0 Å². The Morgan fingerprint density at radius 3 is 2.70 bits per heavy atom. The number of thioether (sulfide) groups is 1. The van der Waals surface area contributed by atoms with Crippen molar-refractivity contribution >= 4 is 17.7 Å². The molecule has 1 unspecified atom stereocenters. The number of hydrogen-bond donors (Lipinski definition) is 2. The molecule has 0 fully saturated rings. The van der Waals surface area contributed by atoms with E-state index in [-0.39, 0.29) is 0 Å². The average molecular weight is 302 g/mol. The average Bonchev–Trinajstić information content (AvgIpc) is 2.38. The molecule has 0 aliphatic carbocycles. The van der Waals surface area contributed by atoms with Crippen molar-refractivity contribution in [2.45, 2.75) is 37.1 Å². The van der Waals surface area contributed by atoms with Gasteiger partial charge in [-0.25, -0.2) is 8.78 Å². The van der Waals surface area contributed by atoms with E-state index < -0.39 is 23.1 Å². The SMILES string of the molecule is CCCNC(C)(CCSc1ccc(F)cc1F)C(N)=O. The maximum Gasteiger partial charge on any atom is 0.237 e. The monoisotopic (exact) mass is 302 g/mol. The van der Waals surface area contributed by atoms with Crippen LogP contribution in [0.2, 0.25) is 0 Å². The van der Waals surface area contributed by atoms with Crippen molar-refractivity contribution < 1.29 is 13.6 Å². The van der Waals surface area contributed by atoms with Gasteiger partial charge in [0.05, 0.1) is 5.54 Å². The number of rotatable bonds is 8. The molecule has 0 saturated heterocycles. The summed E-state index contributed by atoms with van der Waals surface area (Å²) in [6, 6.07) is 3.47. The van der Waals surface area contributed by atoms with Crippen molar-refractivity contribution in [2.75, 3.05) is 12.3 Å². The Morgan fingerprint density at radius 1 is 1.45 bits per heavy atom. The predicted molar refractivity (Wildman–Crippen MR) is 77.6 cm³/mol. The molecule has 0 radical (unpaired) electrons. The Hall–Kier alpha value is -1.14. The molecular formula is C14H20F2N2OS. The van der Waals surface area contributed by atoms with E-state index in [9.17, 15) is 13.6 Å². The van der Waals surface area contributed by atoms with Gasteiger partial charge in [0.1, 0.15) is 11.6 Å². The van der Waals surface area contributed by atoms with Gasteiger partial charge in [-0.1, -0.05) is 6.92 Å². The van der Waals surface area contributed by atoms with Gasteiger partial charge in [-0.05, 0) is 38.4 Å². The second kappa shape index (κ2) is 7.59. The second-order valence-electron chi connectivity index (χ2n) is 4.80. The van der Waals surface area contributed by atoms with Crippen LogP contribution in [-0.2, 0) is 4.79 Å². The van der Waals surface area contributed by atoms with Gasteiger partial charge < -0.3 is 11.1 Å². The van der Waals surface area contributed by atoms with Crippen LogP contribution < -0.4 is 11.1 Å². The molecule has 3 nitrogen and oxygen atoms in total. The summed E-state index contributed by atoms with van der Waals surface area (Å²) in [5.41, 5.74) is 4.60. The molecule has 112 valence electrons. The number of carbonyl (C=O) groups is 1. The first-order chi connectivity index (χ1) is 9.39. The molecule has 3 N–H and O–H groups in total. The maximum absolute atomic E-state index is 13.5. The Morgan fingerprint density at radius 2 is 2.15 bits per heavy atom. The third-order valence-corrected chi connectivity index (χ3v) is 4.11. The van der Waals surface area contributed by atoms with Gasteiger partial charge in [-0.15, -0.1) is 11.8 Å². The lowest BCUT2D eigenvalue weighted by atomic mass is 9.98. The number of halogens is 2. The molecule has 0 aliphatic rings. The number of carbonyl (C=O) groups excluding carboxylic acids is 1. The first-order valence-electron chi connectivity index (χ1n) is 6.52. The van der Waals surface area contributed by atoms with E-state index in [1.54, 1.807) is 6.92 Å². The molecule has 0 aromatic heterocycles. The Kier molecular flexibility index (Phi) is 6.42. The van der Waals surface area contributed by atoms with Gasteiger partial charge in [0.15, 0.2) is 0 Å². The van der Waals surface area contributed by atoms with Crippen LogP contribution in [0.15, 0.2) is 23.1 Å². The van der Waals surface area contributed by atoms with Gasteiger partial charge in [0.2, 0.25) is 5.91 Å². The maximum atomic E-state index is 13.5. The summed E-state index contributed by atoms with van der Waals surface area (Å²) in [6.45, 7) is 4.43. The molecular weight excluding hydrogens is 282 g/mol. The molecule has 0 aliphatic heterocycles. The third-order valence-electron chi connectivity index (χ3n) is 3.06. The fraction of sp³-hybridized carbons (Fsp3) is 0.500. The zero-order valence-corrected chi connectivity index (χ0v) is 12.5. The van der Waals surface area contributed by atoms with Gasteiger partial charge >= 0.3 is 0 Å². The van der Waals surface area contributed by atoms with E-state index in [1.165, 1.54) is 23.9 Å². The molecule has 0 spiro atoms. The van der Waals surface area contributed by atoms with Crippen LogP contribution in [-0.4, -0.2) is 23.7 Å². The molecule has 6 heteroatoms. The molecule has 0 bridgehead atoms. The van der Waals surface area contributed by atoms with Crippen LogP contribution in [0, 0.1) is 11.6 Å². The van der Waals surface area contributed by atoms with Crippen LogP contribution in [0.1, 0.15) is 26.7 Å². The van der Waals surface area contributed by atoms with Crippen LogP contribution in [0.4, 0.5) is 8.78 Å². The Bertz CT molecular complexity index is 470. The lowest BCUT2D eigenvalue weighted by Gasteiger charge is -2.27.